The second kappa shape index (κ2) is 4.94. The van der Waals surface area contributed by atoms with Gasteiger partial charge in [0.25, 0.3) is 0 Å². The maximum atomic E-state index is 4.19. The maximum absolute atomic E-state index is 4.19. The Hall–Kier alpha value is -1.82. The highest BCUT2D eigenvalue weighted by molar-refractivity contribution is 5.84. The zero-order valence-electron chi connectivity index (χ0n) is 12.7. The summed E-state index contributed by atoms with van der Waals surface area (Å²) < 4.78 is 0. The largest absolute Gasteiger partial charge is 0.0915 e. The molecule has 0 radical (unpaired) electrons. The van der Waals surface area contributed by atoms with Gasteiger partial charge in [0.1, 0.15) is 0 Å². The van der Waals surface area contributed by atoms with Crippen molar-refractivity contribution >= 4 is 5.57 Å². The lowest BCUT2D eigenvalue weighted by molar-refractivity contribution is 0.837. The molecule has 0 aliphatic heterocycles. The summed E-state index contributed by atoms with van der Waals surface area (Å²) in [6, 6.07) is 4.75. The van der Waals surface area contributed by atoms with Gasteiger partial charge in [-0.3, -0.25) is 0 Å². The van der Waals surface area contributed by atoms with Gasteiger partial charge in [-0.25, -0.2) is 0 Å². The number of allylic oxidation sites excluding steroid dienone is 7. The van der Waals surface area contributed by atoms with E-state index in [1.807, 2.05) is 0 Å². The van der Waals surface area contributed by atoms with Crippen molar-refractivity contribution in [3.8, 4) is 0 Å². The Morgan fingerprint density at radius 2 is 1.70 bits per heavy atom. The Labute approximate surface area is 122 Å². The fourth-order valence-corrected chi connectivity index (χ4v) is 3.10. The predicted octanol–water partition coefficient (Wildman–Crippen LogP) is 5.47. The average molecular weight is 262 g/mol. The quantitative estimate of drug-likeness (QED) is 0.582. The summed E-state index contributed by atoms with van der Waals surface area (Å²) in [6.07, 6.45) is 10.3. The van der Waals surface area contributed by atoms with E-state index in [2.05, 4.69) is 57.7 Å². The third kappa shape index (κ3) is 2.20. The number of hydrogen-bond acceptors (Lipinski definition) is 0. The second-order valence-electron chi connectivity index (χ2n) is 6.07. The molecule has 0 heteroatoms. The maximum Gasteiger partial charge on any atom is -0.0146 e. The summed E-state index contributed by atoms with van der Waals surface area (Å²) in [4.78, 5) is 0. The van der Waals surface area contributed by atoms with Crippen LogP contribution in [0.3, 0.4) is 0 Å². The van der Waals surface area contributed by atoms with Crippen LogP contribution in [0.5, 0.6) is 0 Å². The summed E-state index contributed by atoms with van der Waals surface area (Å²) in [5, 5.41) is 0. The van der Waals surface area contributed by atoms with Crippen LogP contribution in [0.15, 0.2) is 53.7 Å². The molecule has 0 atom stereocenters. The Bertz CT molecular complexity index is 678. The highest BCUT2D eigenvalue weighted by atomic mass is 14.2. The zero-order chi connectivity index (χ0) is 14.3. The summed E-state index contributed by atoms with van der Waals surface area (Å²) in [5.74, 6) is 0. The van der Waals surface area contributed by atoms with Gasteiger partial charge in [-0.15, -0.1) is 0 Å². The van der Waals surface area contributed by atoms with Crippen LogP contribution in [-0.4, -0.2) is 0 Å². The van der Waals surface area contributed by atoms with Crippen LogP contribution < -0.4 is 0 Å². The summed E-state index contributed by atoms with van der Waals surface area (Å²) in [5.41, 5.74) is 11.0. The number of benzene rings is 1. The lowest BCUT2D eigenvalue weighted by Crippen LogP contribution is -1.95. The van der Waals surface area contributed by atoms with Crippen LogP contribution in [0, 0.1) is 13.8 Å². The molecule has 0 N–H and O–H groups in total. The second-order valence-corrected chi connectivity index (χ2v) is 6.07. The van der Waals surface area contributed by atoms with Gasteiger partial charge in [0.2, 0.25) is 0 Å². The molecule has 102 valence electrons. The van der Waals surface area contributed by atoms with E-state index in [1.165, 1.54) is 51.8 Å². The number of aryl methyl sites for hydroxylation is 3. The minimum atomic E-state index is 1.15. The highest BCUT2D eigenvalue weighted by Crippen LogP contribution is 2.37. The third-order valence-corrected chi connectivity index (χ3v) is 4.60. The van der Waals surface area contributed by atoms with Gasteiger partial charge in [0.05, 0.1) is 0 Å². The molecule has 0 heterocycles. The first-order chi connectivity index (χ1) is 9.56. The molecule has 3 rings (SSSR count). The van der Waals surface area contributed by atoms with Crippen molar-refractivity contribution < 1.29 is 0 Å². The first-order valence-corrected chi connectivity index (χ1v) is 7.45. The molecule has 0 aromatic heterocycles. The number of hydrogen-bond donors (Lipinski definition) is 0. The van der Waals surface area contributed by atoms with Crippen LogP contribution >= 0.6 is 0 Å². The summed E-state index contributed by atoms with van der Waals surface area (Å²) in [6.45, 7) is 10.8. The first-order valence-electron chi connectivity index (χ1n) is 7.45. The van der Waals surface area contributed by atoms with Gasteiger partial charge in [0.15, 0.2) is 0 Å². The monoisotopic (exact) mass is 262 g/mol. The lowest BCUT2D eigenvalue weighted by Gasteiger charge is -2.13. The molecule has 0 bridgehead atoms. The van der Waals surface area contributed by atoms with Crippen molar-refractivity contribution in [1.29, 1.82) is 0 Å². The minimum Gasteiger partial charge on any atom is -0.0915 e. The molecule has 2 aliphatic carbocycles. The zero-order valence-corrected chi connectivity index (χ0v) is 12.7. The molecule has 0 fully saturated rings. The molecule has 0 saturated carbocycles. The van der Waals surface area contributed by atoms with Crippen LogP contribution in [0.1, 0.15) is 42.0 Å². The van der Waals surface area contributed by atoms with E-state index >= 15 is 0 Å². The van der Waals surface area contributed by atoms with E-state index in [1.54, 1.807) is 0 Å². The molecule has 20 heavy (non-hydrogen) atoms. The molecule has 0 saturated heterocycles. The van der Waals surface area contributed by atoms with Crippen molar-refractivity contribution in [1.82, 2.24) is 0 Å². The average Bonchev–Trinajstić information content (AvgIpc) is 2.64. The van der Waals surface area contributed by atoms with E-state index in [0.29, 0.717) is 0 Å². The fourth-order valence-electron chi connectivity index (χ4n) is 3.10. The van der Waals surface area contributed by atoms with Crippen LogP contribution in [0.25, 0.3) is 5.57 Å². The highest BCUT2D eigenvalue weighted by Gasteiger charge is 2.18. The SMILES string of the molecule is C=C1C=C2CCCc3cc(C)c(C)cc3C2=CC=C1C. The topological polar surface area (TPSA) is 0 Å². The predicted molar refractivity (Wildman–Crippen MR) is 87.8 cm³/mol. The van der Waals surface area contributed by atoms with Crippen molar-refractivity contribution in [2.24, 2.45) is 0 Å². The standard InChI is InChI=1S/C20H22/c1-13-8-9-19-17(10-14(13)2)6-5-7-18-11-15(3)16(4)12-20(18)19/h8-12H,2,5-7H2,1,3-4H3. The third-order valence-electron chi connectivity index (χ3n) is 4.60. The molecule has 0 unspecified atom stereocenters. The van der Waals surface area contributed by atoms with Crippen molar-refractivity contribution in [2.75, 3.05) is 0 Å². The van der Waals surface area contributed by atoms with Gasteiger partial charge >= 0.3 is 0 Å². The van der Waals surface area contributed by atoms with E-state index in [0.717, 1.165) is 12.0 Å². The van der Waals surface area contributed by atoms with Crippen molar-refractivity contribution in [2.45, 2.75) is 40.0 Å². The molecular formula is C20H22. The summed E-state index contributed by atoms with van der Waals surface area (Å²) >= 11 is 0. The van der Waals surface area contributed by atoms with Crippen LogP contribution in [-0.2, 0) is 6.42 Å². The smallest absolute Gasteiger partial charge is 0.0146 e. The first kappa shape index (κ1) is 13.2. The molecule has 1 aromatic rings. The van der Waals surface area contributed by atoms with Gasteiger partial charge in [-0.2, -0.15) is 0 Å². The van der Waals surface area contributed by atoms with Crippen molar-refractivity contribution in [3.05, 3.63) is 75.9 Å². The van der Waals surface area contributed by atoms with Gasteiger partial charge in [-0.05, 0) is 84.6 Å². The normalized spacial score (nSPS) is 18.1. The molecule has 0 spiro atoms. The Morgan fingerprint density at radius 1 is 0.950 bits per heavy atom. The number of fused-ring (bicyclic) bond motifs is 3. The number of rotatable bonds is 0. The van der Waals surface area contributed by atoms with Crippen LogP contribution in [0.2, 0.25) is 0 Å². The van der Waals surface area contributed by atoms with E-state index in [9.17, 15) is 0 Å². The fraction of sp³-hybridized carbons (Fsp3) is 0.300. The van der Waals surface area contributed by atoms with E-state index in [4.69, 9.17) is 0 Å². The van der Waals surface area contributed by atoms with Gasteiger partial charge < -0.3 is 0 Å². The minimum absolute atomic E-state index is 1.15. The van der Waals surface area contributed by atoms with E-state index < -0.39 is 0 Å². The lowest BCUT2D eigenvalue weighted by atomic mass is 9.91. The molecule has 2 aliphatic rings. The molecular weight excluding hydrogens is 240 g/mol. The Kier molecular flexibility index (Phi) is 3.25. The van der Waals surface area contributed by atoms with Gasteiger partial charge in [-0.1, -0.05) is 36.9 Å². The Morgan fingerprint density at radius 3 is 2.50 bits per heavy atom. The Balaban J connectivity index is 2.23. The van der Waals surface area contributed by atoms with Crippen molar-refractivity contribution in [3.63, 3.8) is 0 Å². The summed E-state index contributed by atoms with van der Waals surface area (Å²) in [7, 11) is 0. The molecule has 1 aromatic carbocycles. The van der Waals surface area contributed by atoms with Crippen LogP contribution in [0.4, 0.5) is 0 Å². The molecule has 0 nitrogen and oxygen atoms in total. The molecule has 0 amide bonds. The van der Waals surface area contributed by atoms with Gasteiger partial charge in [0, 0.05) is 0 Å². The van der Waals surface area contributed by atoms with E-state index in [-0.39, 0.29) is 0 Å².